The van der Waals surface area contributed by atoms with Gasteiger partial charge in [-0.05, 0) is 172 Å². The molecule has 0 unspecified atom stereocenters. The van der Waals surface area contributed by atoms with Crippen molar-refractivity contribution in [2.75, 3.05) is 0 Å². The molecule has 0 saturated heterocycles. The van der Waals surface area contributed by atoms with Gasteiger partial charge < -0.3 is 14.1 Å². The molecule has 119 heavy (non-hydrogen) atoms. The second kappa shape index (κ2) is 28.8. The van der Waals surface area contributed by atoms with Crippen molar-refractivity contribution in [3.8, 4) is 50.8 Å². The third-order valence-electron chi connectivity index (χ3n) is 23.4. The lowest BCUT2D eigenvalue weighted by Crippen LogP contribution is -2.03. The molecule has 8 heterocycles. The van der Waals surface area contributed by atoms with Crippen molar-refractivity contribution in [1.29, 1.82) is 0 Å². The van der Waals surface area contributed by atoms with Crippen molar-refractivity contribution >= 4 is 205 Å². The summed E-state index contributed by atoms with van der Waals surface area (Å²) in [6.07, 6.45) is 1.71. The summed E-state index contributed by atoms with van der Waals surface area (Å²) in [5.41, 5.74) is 20.5. The topological polar surface area (TPSA) is 82.1 Å². The molecule has 11 heteroatoms. The van der Waals surface area contributed by atoms with E-state index in [1.807, 2.05) is 46.9 Å². The minimum Gasteiger partial charge on any atom is -0.355 e. The van der Waals surface area contributed by atoms with Crippen LogP contribution in [0.2, 0.25) is 5.28 Å². The van der Waals surface area contributed by atoms with Crippen LogP contribution in [0.5, 0.6) is 0 Å². The van der Waals surface area contributed by atoms with E-state index in [9.17, 15) is 0 Å². The molecule has 0 spiro atoms. The van der Waals surface area contributed by atoms with Gasteiger partial charge in [0.25, 0.3) is 0 Å². The number of fused-ring (bicyclic) bond motifs is 24. The summed E-state index contributed by atoms with van der Waals surface area (Å²) in [6.45, 7) is 0. The summed E-state index contributed by atoms with van der Waals surface area (Å²) in [4.78, 5) is 22.2. The number of aromatic nitrogens is 8. The number of H-pyrrole nitrogens is 1. The maximum Gasteiger partial charge on any atom is 0.235 e. The van der Waals surface area contributed by atoms with Gasteiger partial charge in [0.05, 0.1) is 49.8 Å². The molecule has 0 amide bonds. The van der Waals surface area contributed by atoms with Crippen LogP contribution in [0.25, 0.3) is 222 Å². The number of nitrogens with one attached hydrogen (secondary N) is 1. The molecule has 0 fully saturated rings. The van der Waals surface area contributed by atoms with E-state index in [2.05, 4.69) is 399 Å². The van der Waals surface area contributed by atoms with E-state index < -0.39 is 0 Å². The van der Waals surface area contributed by atoms with Gasteiger partial charge in [-0.3, -0.25) is 4.57 Å². The Morgan fingerprint density at radius 3 is 1.24 bits per heavy atom. The second-order valence-corrected chi connectivity index (χ2v) is 32.6. The summed E-state index contributed by atoms with van der Waals surface area (Å²) < 4.78 is 12.4. The average molecular weight is 1580 g/mol. The molecule has 0 saturated carbocycles. The van der Waals surface area contributed by atoms with Gasteiger partial charge in [-0.2, -0.15) is 0 Å². The summed E-state index contributed by atoms with van der Waals surface area (Å²) in [5, 5.41) is 22.5. The minimum atomic E-state index is 0.295. The van der Waals surface area contributed by atoms with Crippen molar-refractivity contribution in [1.82, 2.24) is 38.6 Å². The highest BCUT2D eigenvalue weighted by molar-refractivity contribution is 7.26. The van der Waals surface area contributed by atoms with Gasteiger partial charge in [-0.1, -0.05) is 267 Å². The molecule has 0 radical (unpaired) electrons. The van der Waals surface area contributed by atoms with Gasteiger partial charge >= 0.3 is 0 Å². The van der Waals surface area contributed by atoms with E-state index in [1.54, 1.807) is 6.20 Å². The van der Waals surface area contributed by atoms with Crippen LogP contribution in [0.4, 0.5) is 0 Å². The first-order chi connectivity index (χ1) is 58.9. The zero-order valence-corrected chi connectivity index (χ0v) is 66.3. The van der Waals surface area contributed by atoms with Crippen molar-refractivity contribution in [2.45, 2.75) is 0 Å². The van der Waals surface area contributed by atoms with Gasteiger partial charge in [-0.25, -0.2) is 19.9 Å². The first-order valence-corrected chi connectivity index (χ1v) is 41.9. The van der Waals surface area contributed by atoms with Gasteiger partial charge in [0, 0.05) is 139 Å². The molecular weight excluding hydrogens is 1510 g/mol. The molecule has 0 bridgehead atoms. The fourth-order valence-corrected chi connectivity index (χ4v) is 20.4. The number of hydrogen-bond acceptors (Lipinski definition) is 6. The van der Waals surface area contributed by atoms with E-state index in [1.165, 1.54) is 166 Å². The molecule has 558 valence electrons. The lowest BCUT2D eigenvalue weighted by molar-refractivity contribution is 1.01. The molecule has 8 aromatic heterocycles. The number of aromatic amines is 1. The highest BCUT2D eigenvalue weighted by Gasteiger charge is 2.24. The third kappa shape index (κ3) is 11.9. The first kappa shape index (κ1) is 69.6. The number of thiophene rings is 2. The smallest absolute Gasteiger partial charge is 0.235 e. The molecule has 26 aromatic rings. The molecule has 1 N–H and O–H groups in total. The first-order valence-electron chi connectivity index (χ1n) is 39.9. The number of benzene rings is 18. The fourth-order valence-electron chi connectivity index (χ4n) is 18.1. The minimum absolute atomic E-state index is 0.295. The standard InChI is InChI=1S/C54H32N4S.C34H22N2.C12H8S.C8H5ClN2/c1-2-14-35(15-3-1)57-47-23-11-8-18-38(47)45-32-42(36-16-4-5-20-40(36)53(45)57)33-26-28-49-43(30-33)37-17-7-12-24-48(37)58(49)54-55-46-22-10-6-21-41(46)52(56-54)34-27-29-51-44(31-34)39-19-9-13-25-50(39)59-51;1-2-10-23(11-3-1)36-33-17-9-7-14-26(33)30-21-28(24-12-4-5-15-27(24)34(30)36)22-18-19-32-29(20-22)25-13-6-8-16-31(25)35-32;1-3-7-11-9(5-1)10-6-2-4-8-12(10)13-11;9-8-10-5-6-3-1-2-4-7(6)11-8/h1-32H;1-21,35H;1-8H;1-5H. The number of rotatable bonds is 6. The third-order valence-corrected chi connectivity index (χ3v) is 25.9. The zero-order valence-electron chi connectivity index (χ0n) is 63.9. The highest BCUT2D eigenvalue weighted by Crippen LogP contribution is 2.47. The Bertz CT molecular complexity index is 8500. The van der Waals surface area contributed by atoms with E-state index in [0.29, 0.717) is 11.2 Å². The summed E-state index contributed by atoms with van der Waals surface area (Å²) in [7, 11) is 0. The Hall–Kier alpha value is -14.9. The summed E-state index contributed by atoms with van der Waals surface area (Å²) in [5.74, 6) is 0.661. The number of para-hydroxylation sites is 8. The van der Waals surface area contributed by atoms with Crippen LogP contribution in [0.3, 0.4) is 0 Å². The van der Waals surface area contributed by atoms with Crippen molar-refractivity contribution in [3.63, 3.8) is 0 Å². The normalized spacial score (nSPS) is 11.7. The summed E-state index contributed by atoms with van der Waals surface area (Å²) >= 11 is 9.29. The number of halogens is 1. The fraction of sp³-hybridized carbons (Fsp3) is 0. The maximum atomic E-state index is 5.60. The monoisotopic (exact) mass is 1570 g/mol. The van der Waals surface area contributed by atoms with Crippen LogP contribution < -0.4 is 0 Å². The Balaban J connectivity index is 0.000000115. The molecule has 0 aliphatic rings. The predicted molar refractivity (Wildman–Crippen MR) is 506 cm³/mol. The van der Waals surface area contributed by atoms with Gasteiger partial charge in [0.15, 0.2) is 0 Å². The van der Waals surface area contributed by atoms with E-state index in [4.69, 9.17) is 21.6 Å². The van der Waals surface area contributed by atoms with Gasteiger partial charge in [0.1, 0.15) is 0 Å². The Kier molecular flexibility index (Phi) is 16.8. The summed E-state index contributed by atoms with van der Waals surface area (Å²) in [6, 6.07) is 141. The van der Waals surface area contributed by atoms with Gasteiger partial charge in [0.2, 0.25) is 11.2 Å². The largest absolute Gasteiger partial charge is 0.355 e. The van der Waals surface area contributed by atoms with E-state index >= 15 is 0 Å². The average Bonchev–Trinajstić information content (AvgIpc) is 1.57. The molecule has 0 aliphatic carbocycles. The number of hydrogen-bond donors (Lipinski definition) is 1. The molecule has 26 rings (SSSR count). The molecular formula is C108H67ClN8S2. The highest BCUT2D eigenvalue weighted by atomic mass is 35.5. The van der Waals surface area contributed by atoms with Crippen molar-refractivity contribution in [3.05, 3.63) is 406 Å². The van der Waals surface area contributed by atoms with Crippen LogP contribution in [0.1, 0.15) is 0 Å². The van der Waals surface area contributed by atoms with Crippen molar-refractivity contribution in [2.24, 2.45) is 0 Å². The quantitative estimate of drug-likeness (QED) is 0.168. The van der Waals surface area contributed by atoms with Crippen LogP contribution in [0, 0.1) is 0 Å². The van der Waals surface area contributed by atoms with E-state index in [-0.39, 0.29) is 0 Å². The van der Waals surface area contributed by atoms with Crippen molar-refractivity contribution < 1.29 is 0 Å². The Morgan fingerprint density at radius 2 is 0.655 bits per heavy atom. The van der Waals surface area contributed by atoms with E-state index in [0.717, 1.165) is 49.8 Å². The Labute approximate surface area is 695 Å². The predicted octanol–water partition coefficient (Wildman–Crippen LogP) is 30.3. The SMILES string of the molecule is Clc1ncc2ccccc2n1.c1ccc(-n2c3ccccc3c3cc(-c4ccc5[nH]c6ccccc6c5c4)c4ccccc4c32)cc1.c1ccc(-n2c3ccccc3c3cc(-c4ccc5c(c4)c4ccccc4n5-c4nc(-c5ccc6sc7ccccc7c6c5)c5ccccc5n4)c4ccccc4c32)cc1.c1ccc2c(c1)sc1ccccc12. The second-order valence-electron chi connectivity index (χ2n) is 30.1. The molecule has 0 aliphatic heterocycles. The Morgan fingerprint density at radius 1 is 0.252 bits per heavy atom. The number of nitrogens with zero attached hydrogens (tertiary/aromatic N) is 7. The lowest BCUT2D eigenvalue weighted by atomic mass is 9.94. The maximum absolute atomic E-state index is 5.60. The zero-order chi connectivity index (χ0) is 78.6. The van der Waals surface area contributed by atoms with Crippen LogP contribution in [0.15, 0.2) is 401 Å². The van der Waals surface area contributed by atoms with Crippen LogP contribution in [-0.2, 0) is 0 Å². The molecule has 8 nitrogen and oxygen atoms in total. The molecule has 0 atom stereocenters. The lowest BCUT2D eigenvalue weighted by Gasteiger charge is -2.13. The van der Waals surface area contributed by atoms with Gasteiger partial charge in [-0.15, -0.1) is 22.7 Å². The molecule has 18 aromatic carbocycles. The van der Waals surface area contributed by atoms with Crippen LogP contribution in [-0.4, -0.2) is 38.6 Å². The van der Waals surface area contributed by atoms with Crippen LogP contribution >= 0.6 is 34.3 Å².